The highest BCUT2D eigenvalue weighted by Crippen LogP contribution is 2.23. The van der Waals surface area contributed by atoms with E-state index in [0.29, 0.717) is 19.4 Å². The van der Waals surface area contributed by atoms with Crippen LogP contribution in [0.2, 0.25) is 0 Å². The van der Waals surface area contributed by atoms with Crippen LogP contribution in [0.5, 0.6) is 0 Å². The van der Waals surface area contributed by atoms with Crippen molar-refractivity contribution < 1.29 is 49.3 Å². The second-order valence-electron chi connectivity index (χ2n) is 24.6. The van der Waals surface area contributed by atoms with Crippen molar-refractivity contribution in [2.75, 3.05) is 19.8 Å². The SMILES string of the molecule is C/C=C/CC/C=C/CC/C=C/C(O)C(COC1OC(CO)C(O)C(O)C1O)NC(=O)CCCCCCCCCCCCCCC/C=C\C/C=C\CCCCCCCCCCCOC(=O)CCCCCCCCCCC/C=C\CCCCCCCC. The summed E-state index contributed by atoms with van der Waals surface area (Å²) >= 11 is 0. The van der Waals surface area contributed by atoms with Crippen LogP contribution in [0.15, 0.2) is 72.9 Å². The number of carbonyl (C=O) groups is 2. The molecule has 7 unspecified atom stereocenters. The molecule has 0 aliphatic carbocycles. The number of hydrogen-bond acceptors (Lipinski definition) is 10. The maximum atomic E-state index is 13.0. The molecule has 1 aliphatic rings. The minimum atomic E-state index is -1.58. The van der Waals surface area contributed by atoms with Gasteiger partial charge in [-0.15, -0.1) is 0 Å². The van der Waals surface area contributed by atoms with Gasteiger partial charge in [0.15, 0.2) is 6.29 Å². The minimum Gasteiger partial charge on any atom is -0.466 e. The zero-order valence-corrected chi connectivity index (χ0v) is 54.8. The van der Waals surface area contributed by atoms with Crippen LogP contribution in [0, 0.1) is 0 Å². The van der Waals surface area contributed by atoms with Crippen molar-refractivity contribution in [2.24, 2.45) is 0 Å². The topological polar surface area (TPSA) is 175 Å². The number of rotatable bonds is 62. The van der Waals surface area contributed by atoms with Crippen LogP contribution in [0.1, 0.15) is 322 Å². The number of aliphatic hydroxyl groups is 5. The number of nitrogens with one attached hydrogen (secondary N) is 1. The third kappa shape index (κ3) is 51.7. The first kappa shape index (κ1) is 80.1. The van der Waals surface area contributed by atoms with E-state index in [1.54, 1.807) is 6.08 Å². The van der Waals surface area contributed by atoms with Crippen LogP contribution in [-0.2, 0) is 23.8 Å². The van der Waals surface area contributed by atoms with Gasteiger partial charge < -0.3 is 45.1 Å². The maximum absolute atomic E-state index is 13.0. The normalized spacial score (nSPS) is 18.4. The van der Waals surface area contributed by atoms with Gasteiger partial charge in [0.2, 0.25) is 5.91 Å². The van der Waals surface area contributed by atoms with E-state index < -0.39 is 49.5 Å². The number of esters is 1. The second-order valence-corrected chi connectivity index (χ2v) is 24.6. The standard InChI is InChI=1S/C74H133NO10/c1-3-5-7-9-11-13-14-15-16-17-29-33-36-39-42-46-50-54-58-62-70(79)83-63-59-55-51-47-43-40-37-34-31-28-26-24-22-20-18-19-21-23-25-27-30-32-35-38-41-45-49-53-57-61-69(78)75-66(67(77)60-56-52-48-44-12-10-8-6-4-2)65-84-74-73(82)72(81)71(80)68(64-76)85-74/h4,6,12,15-16,18,20,24,26,44,56,60,66-68,71-74,76-77,80-82H,3,5,7-11,13-14,17,19,21-23,25,27-43,45-55,57-59,61-65H2,1-2H3,(H,75,78)/b6-4+,16-15-,20-18-,26-24-,44-12+,60-56+. The third-order valence-electron chi connectivity index (χ3n) is 16.6. The summed E-state index contributed by atoms with van der Waals surface area (Å²) in [5.41, 5.74) is 0. The van der Waals surface area contributed by atoms with Gasteiger partial charge >= 0.3 is 5.97 Å². The van der Waals surface area contributed by atoms with Crippen molar-refractivity contribution in [3.8, 4) is 0 Å². The molecule has 0 radical (unpaired) electrons. The molecule has 0 aromatic heterocycles. The number of aliphatic hydroxyl groups excluding tert-OH is 5. The number of hydrogen-bond donors (Lipinski definition) is 6. The third-order valence-corrected chi connectivity index (χ3v) is 16.6. The van der Waals surface area contributed by atoms with Crippen LogP contribution in [0.3, 0.4) is 0 Å². The average molecular weight is 1200 g/mol. The molecule has 11 heteroatoms. The molecule has 85 heavy (non-hydrogen) atoms. The molecule has 11 nitrogen and oxygen atoms in total. The Morgan fingerprint density at radius 2 is 0.847 bits per heavy atom. The molecule has 1 saturated heterocycles. The van der Waals surface area contributed by atoms with Crippen molar-refractivity contribution in [3.63, 3.8) is 0 Å². The van der Waals surface area contributed by atoms with Gasteiger partial charge in [0.05, 0.1) is 32.0 Å². The molecule has 7 atom stereocenters. The first-order valence-corrected chi connectivity index (χ1v) is 35.7. The van der Waals surface area contributed by atoms with Gasteiger partial charge in [0.25, 0.3) is 0 Å². The molecule has 1 fully saturated rings. The summed E-state index contributed by atoms with van der Waals surface area (Å²) in [5, 5.41) is 54.2. The summed E-state index contributed by atoms with van der Waals surface area (Å²) in [5.74, 6) is -0.199. The lowest BCUT2D eigenvalue weighted by Gasteiger charge is -2.40. The maximum Gasteiger partial charge on any atom is 0.305 e. The molecule has 0 aromatic carbocycles. The van der Waals surface area contributed by atoms with Crippen molar-refractivity contribution in [2.45, 2.75) is 365 Å². The highest BCUT2D eigenvalue weighted by Gasteiger charge is 2.44. The largest absolute Gasteiger partial charge is 0.466 e. The molecule has 1 rings (SSSR count). The zero-order chi connectivity index (χ0) is 61.6. The van der Waals surface area contributed by atoms with Gasteiger partial charge in [-0.05, 0) is 110 Å². The summed E-state index contributed by atoms with van der Waals surface area (Å²) < 4.78 is 16.7. The predicted molar refractivity (Wildman–Crippen MR) is 356 cm³/mol. The lowest BCUT2D eigenvalue weighted by Crippen LogP contribution is -2.60. The van der Waals surface area contributed by atoms with E-state index in [1.165, 1.54) is 225 Å². The molecule has 1 heterocycles. The van der Waals surface area contributed by atoms with Gasteiger partial charge in [-0.1, -0.05) is 272 Å². The summed E-state index contributed by atoms with van der Waals surface area (Å²) in [4.78, 5) is 25.1. The number of unbranched alkanes of at least 4 members (excludes halogenated alkanes) is 39. The van der Waals surface area contributed by atoms with E-state index >= 15 is 0 Å². The number of ether oxygens (including phenoxy) is 3. The highest BCUT2D eigenvalue weighted by molar-refractivity contribution is 5.76. The van der Waals surface area contributed by atoms with Gasteiger partial charge in [0, 0.05) is 12.8 Å². The Balaban J connectivity index is 1.92. The van der Waals surface area contributed by atoms with Gasteiger partial charge in [0.1, 0.15) is 24.4 Å². The summed E-state index contributed by atoms with van der Waals surface area (Å²) in [6.07, 6.45) is 75.1. The monoisotopic (exact) mass is 1200 g/mol. The summed E-state index contributed by atoms with van der Waals surface area (Å²) in [6, 6.07) is -0.836. The van der Waals surface area contributed by atoms with Crippen LogP contribution in [-0.4, -0.2) is 100 Å². The van der Waals surface area contributed by atoms with E-state index in [-0.39, 0.29) is 18.5 Å². The van der Waals surface area contributed by atoms with Crippen LogP contribution in [0.4, 0.5) is 0 Å². The smallest absolute Gasteiger partial charge is 0.305 e. The lowest BCUT2D eigenvalue weighted by molar-refractivity contribution is -0.302. The fraction of sp³-hybridized carbons (Fsp3) is 0.811. The van der Waals surface area contributed by atoms with Crippen LogP contribution in [0.25, 0.3) is 0 Å². The van der Waals surface area contributed by atoms with E-state index in [9.17, 15) is 35.1 Å². The molecule has 6 N–H and O–H groups in total. The van der Waals surface area contributed by atoms with Gasteiger partial charge in [-0.2, -0.15) is 0 Å². The minimum absolute atomic E-state index is 0.00200. The Morgan fingerprint density at radius 1 is 0.459 bits per heavy atom. The van der Waals surface area contributed by atoms with E-state index in [2.05, 4.69) is 66.9 Å². The second kappa shape index (κ2) is 62.7. The number of amides is 1. The molecular formula is C74H133NO10. The lowest BCUT2D eigenvalue weighted by atomic mass is 9.99. The van der Waals surface area contributed by atoms with Crippen molar-refractivity contribution in [1.29, 1.82) is 0 Å². The first-order valence-electron chi connectivity index (χ1n) is 35.7. The fourth-order valence-corrected chi connectivity index (χ4v) is 11.0. The van der Waals surface area contributed by atoms with E-state index in [0.717, 1.165) is 70.6 Å². The summed E-state index contributed by atoms with van der Waals surface area (Å²) in [7, 11) is 0. The van der Waals surface area contributed by atoms with E-state index in [1.807, 2.05) is 19.1 Å². The van der Waals surface area contributed by atoms with Gasteiger partial charge in [-0.3, -0.25) is 9.59 Å². The molecule has 0 saturated carbocycles. The number of allylic oxidation sites excluding steroid dienone is 11. The molecule has 0 bridgehead atoms. The summed E-state index contributed by atoms with van der Waals surface area (Å²) in [6.45, 7) is 4.10. The zero-order valence-electron chi connectivity index (χ0n) is 54.8. The Labute approximate surface area is 521 Å². The number of carbonyl (C=O) groups excluding carboxylic acids is 2. The average Bonchev–Trinajstić information content (AvgIpc) is 3.66. The van der Waals surface area contributed by atoms with E-state index in [4.69, 9.17) is 14.2 Å². The molecule has 1 amide bonds. The molecule has 0 spiro atoms. The molecule has 494 valence electrons. The Morgan fingerprint density at radius 3 is 1.31 bits per heavy atom. The molecular weight excluding hydrogens is 1060 g/mol. The quantitative estimate of drug-likeness (QED) is 0.0195. The highest BCUT2D eigenvalue weighted by atomic mass is 16.7. The molecule has 1 aliphatic heterocycles. The predicted octanol–water partition coefficient (Wildman–Crippen LogP) is 18.3. The Kier molecular flexibility index (Phi) is 59.1. The van der Waals surface area contributed by atoms with Crippen molar-refractivity contribution >= 4 is 11.9 Å². The first-order chi connectivity index (χ1) is 41.7. The molecule has 0 aromatic rings. The van der Waals surface area contributed by atoms with Crippen molar-refractivity contribution in [1.82, 2.24) is 5.32 Å². The van der Waals surface area contributed by atoms with Gasteiger partial charge in [-0.25, -0.2) is 0 Å². The Bertz CT molecular complexity index is 1640. The van der Waals surface area contributed by atoms with Crippen LogP contribution < -0.4 is 5.32 Å². The Hall–Kier alpha value is -2.90. The fourth-order valence-electron chi connectivity index (χ4n) is 11.0. The van der Waals surface area contributed by atoms with Crippen LogP contribution >= 0.6 is 0 Å². The van der Waals surface area contributed by atoms with Crippen molar-refractivity contribution in [3.05, 3.63) is 72.9 Å².